The molecule has 1 unspecified atom stereocenters. The van der Waals surface area contributed by atoms with Crippen molar-refractivity contribution in [2.45, 2.75) is 19.4 Å². The Balaban J connectivity index is 2.29. The summed E-state index contributed by atoms with van der Waals surface area (Å²) in [5, 5.41) is 2.79. The second kappa shape index (κ2) is 5.78. The molecule has 0 aliphatic rings. The Hall–Kier alpha value is -1.97. The molecule has 0 spiro atoms. The second-order valence-electron chi connectivity index (χ2n) is 4.26. The largest absolute Gasteiger partial charge is 0.373 e. The highest BCUT2D eigenvalue weighted by Gasteiger charge is 2.16. The zero-order chi connectivity index (χ0) is 13.8. The zero-order valence-electron chi connectivity index (χ0n) is 10.5. The topological polar surface area (TPSA) is 12.0 Å². The summed E-state index contributed by atoms with van der Waals surface area (Å²) in [5.74, 6) is -2.77. The lowest BCUT2D eigenvalue weighted by Gasteiger charge is -2.19. The van der Waals surface area contributed by atoms with E-state index in [2.05, 4.69) is 5.32 Å². The molecule has 2 aromatic rings. The number of nitrogens with one attached hydrogen (secondary N) is 1. The smallest absolute Gasteiger partial charge is 0.152 e. The molecule has 2 rings (SSSR count). The van der Waals surface area contributed by atoms with Crippen LogP contribution in [0, 0.1) is 17.5 Å². The number of anilines is 1. The van der Waals surface area contributed by atoms with E-state index < -0.39 is 17.5 Å². The van der Waals surface area contributed by atoms with Gasteiger partial charge in [0.15, 0.2) is 11.6 Å². The number of rotatable bonds is 4. The molecule has 100 valence electrons. The van der Waals surface area contributed by atoms with Crippen molar-refractivity contribution in [1.82, 2.24) is 0 Å². The zero-order valence-corrected chi connectivity index (χ0v) is 10.5. The third-order valence-electron chi connectivity index (χ3n) is 2.94. The van der Waals surface area contributed by atoms with Crippen molar-refractivity contribution >= 4 is 5.69 Å². The first-order valence-corrected chi connectivity index (χ1v) is 6.08. The molecular weight excluding hydrogens is 251 g/mol. The highest BCUT2D eigenvalue weighted by atomic mass is 19.1. The molecule has 0 bridgehead atoms. The molecule has 2 aromatic carbocycles. The molecule has 1 N–H and O–H groups in total. The van der Waals surface area contributed by atoms with Crippen LogP contribution in [0.4, 0.5) is 18.9 Å². The summed E-state index contributed by atoms with van der Waals surface area (Å²) in [5.41, 5.74) is 0.630. The Morgan fingerprint density at radius 3 is 2.11 bits per heavy atom. The predicted octanol–water partition coefficient (Wildman–Crippen LogP) is 4.67. The van der Waals surface area contributed by atoms with Crippen LogP contribution in [-0.2, 0) is 0 Å². The van der Waals surface area contributed by atoms with Crippen LogP contribution in [-0.4, -0.2) is 0 Å². The normalized spacial score (nSPS) is 12.2. The van der Waals surface area contributed by atoms with Crippen molar-refractivity contribution in [3.63, 3.8) is 0 Å². The molecule has 1 atom stereocenters. The average molecular weight is 265 g/mol. The fourth-order valence-corrected chi connectivity index (χ4v) is 1.96. The Labute approximate surface area is 110 Å². The van der Waals surface area contributed by atoms with Gasteiger partial charge in [-0.2, -0.15) is 0 Å². The van der Waals surface area contributed by atoms with Gasteiger partial charge in [0.25, 0.3) is 0 Å². The molecule has 0 saturated carbocycles. The van der Waals surface area contributed by atoms with Gasteiger partial charge in [0.1, 0.15) is 11.5 Å². The van der Waals surface area contributed by atoms with E-state index >= 15 is 0 Å². The van der Waals surface area contributed by atoms with Crippen molar-refractivity contribution in [1.29, 1.82) is 0 Å². The summed E-state index contributed by atoms with van der Waals surface area (Å²) in [7, 11) is 0. The predicted molar refractivity (Wildman–Crippen MR) is 69.4 cm³/mol. The number of hydrogen-bond donors (Lipinski definition) is 1. The van der Waals surface area contributed by atoms with Gasteiger partial charge in [-0.3, -0.25) is 0 Å². The van der Waals surface area contributed by atoms with E-state index in [1.165, 1.54) is 0 Å². The summed E-state index contributed by atoms with van der Waals surface area (Å²) in [6.07, 6.45) is 0.653. The molecule has 0 aliphatic heterocycles. The summed E-state index contributed by atoms with van der Waals surface area (Å²) in [6.45, 7) is 1.91. The molecule has 0 aromatic heterocycles. The molecule has 0 aliphatic carbocycles. The standard InChI is InChI=1S/C15H14F3N/c1-2-14(10-6-4-3-5-7-10)19-15-12(17)8-11(16)9-13(15)18/h3-9,14,19H,2H2,1H3. The molecule has 19 heavy (non-hydrogen) atoms. The van der Waals surface area contributed by atoms with Gasteiger partial charge >= 0.3 is 0 Å². The summed E-state index contributed by atoms with van der Waals surface area (Å²) in [6, 6.07) is 10.5. The van der Waals surface area contributed by atoms with Crippen LogP contribution in [0.5, 0.6) is 0 Å². The quantitative estimate of drug-likeness (QED) is 0.847. The van der Waals surface area contributed by atoms with Gasteiger partial charge in [0.05, 0.1) is 6.04 Å². The van der Waals surface area contributed by atoms with E-state index in [1.807, 2.05) is 37.3 Å². The van der Waals surface area contributed by atoms with Crippen molar-refractivity contribution in [2.24, 2.45) is 0 Å². The maximum absolute atomic E-state index is 13.6. The molecule has 0 heterocycles. The number of halogens is 3. The molecule has 0 radical (unpaired) electrons. The molecular formula is C15H14F3N. The SMILES string of the molecule is CCC(Nc1c(F)cc(F)cc1F)c1ccccc1. The molecule has 0 saturated heterocycles. The Morgan fingerprint density at radius 1 is 1.00 bits per heavy atom. The molecule has 0 fully saturated rings. The maximum Gasteiger partial charge on any atom is 0.152 e. The highest BCUT2D eigenvalue weighted by Crippen LogP contribution is 2.27. The lowest BCUT2D eigenvalue weighted by Crippen LogP contribution is -2.12. The first-order chi connectivity index (χ1) is 9.11. The molecule has 0 amide bonds. The Kier molecular flexibility index (Phi) is 4.10. The van der Waals surface area contributed by atoms with Crippen LogP contribution in [0.3, 0.4) is 0 Å². The summed E-state index contributed by atoms with van der Waals surface area (Å²) < 4.78 is 40.0. The van der Waals surface area contributed by atoms with Crippen molar-refractivity contribution < 1.29 is 13.2 Å². The Bertz CT molecular complexity index is 532. The monoisotopic (exact) mass is 265 g/mol. The van der Waals surface area contributed by atoms with Crippen LogP contribution in [0.2, 0.25) is 0 Å². The molecule has 4 heteroatoms. The number of benzene rings is 2. The molecule has 1 nitrogen and oxygen atoms in total. The van der Waals surface area contributed by atoms with Crippen LogP contribution in [0.15, 0.2) is 42.5 Å². The first kappa shape index (κ1) is 13.5. The van der Waals surface area contributed by atoms with Crippen LogP contribution in [0.1, 0.15) is 24.9 Å². The average Bonchev–Trinajstić information content (AvgIpc) is 2.39. The van der Waals surface area contributed by atoms with Crippen molar-refractivity contribution in [2.75, 3.05) is 5.32 Å². The minimum absolute atomic E-state index is 0.226. The third kappa shape index (κ3) is 3.08. The van der Waals surface area contributed by atoms with Crippen LogP contribution in [0.25, 0.3) is 0 Å². The van der Waals surface area contributed by atoms with Gasteiger partial charge in [-0.25, -0.2) is 13.2 Å². The van der Waals surface area contributed by atoms with E-state index in [0.29, 0.717) is 18.6 Å². The van der Waals surface area contributed by atoms with Gasteiger partial charge in [0.2, 0.25) is 0 Å². The summed E-state index contributed by atoms with van der Waals surface area (Å²) >= 11 is 0. The van der Waals surface area contributed by atoms with Gasteiger partial charge < -0.3 is 5.32 Å². The fraction of sp³-hybridized carbons (Fsp3) is 0.200. The van der Waals surface area contributed by atoms with Crippen molar-refractivity contribution in [3.05, 3.63) is 65.5 Å². The minimum atomic E-state index is -0.924. The van der Waals surface area contributed by atoms with E-state index in [1.54, 1.807) is 0 Å². The summed E-state index contributed by atoms with van der Waals surface area (Å²) in [4.78, 5) is 0. The van der Waals surface area contributed by atoms with Crippen LogP contribution < -0.4 is 5.32 Å². The lowest BCUT2D eigenvalue weighted by atomic mass is 10.0. The first-order valence-electron chi connectivity index (χ1n) is 6.08. The lowest BCUT2D eigenvalue weighted by molar-refractivity contribution is 0.543. The van der Waals surface area contributed by atoms with E-state index in [0.717, 1.165) is 5.56 Å². The van der Waals surface area contributed by atoms with Gasteiger partial charge in [0, 0.05) is 12.1 Å². The van der Waals surface area contributed by atoms with Crippen molar-refractivity contribution in [3.8, 4) is 0 Å². The van der Waals surface area contributed by atoms with Gasteiger partial charge in [-0.1, -0.05) is 37.3 Å². The minimum Gasteiger partial charge on any atom is -0.373 e. The van der Waals surface area contributed by atoms with Gasteiger partial charge in [-0.05, 0) is 12.0 Å². The third-order valence-corrected chi connectivity index (χ3v) is 2.94. The van der Waals surface area contributed by atoms with E-state index in [-0.39, 0.29) is 11.7 Å². The van der Waals surface area contributed by atoms with E-state index in [4.69, 9.17) is 0 Å². The fourth-order valence-electron chi connectivity index (χ4n) is 1.96. The number of hydrogen-bond acceptors (Lipinski definition) is 1. The maximum atomic E-state index is 13.6. The Morgan fingerprint density at radius 2 is 1.58 bits per heavy atom. The second-order valence-corrected chi connectivity index (χ2v) is 4.26. The van der Waals surface area contributed by atoms with Crippen LogP contribution >= 0.6 is 0 Å². The van der Waals surface area contributed by atoms with E-state index in [9.17, 15) is 13.2 Å². The highest BCUT2D eigenvalue weighted by molar-refractivity contribution is 5.48. The van der Waals surface area contributed by atoms with Gasteiger partial charge in [-0.15, -0.1) is 0 Å².